The SMILES string of the molecule is CCCO[C@H]1O[C@H](CO)[C@@H](O)[C@H](O)[C@@H]1O. The summed E-state index contributed by atoms with van der Waals surface area (Å²) in [5.74, 6) is 0. The maximum atomic E-state index is 9.51. The fourth-order valence-electron chi connectivity index (χ4n) is 1.44. The van der Waals surface area contributed by atoms with Gasteiger partial charge in [-0.25, -0.2) is 0 Å². The lowest BCUT2D eigenvalue weighted by Crippen LogP contribution is -2.59. The highest BCUT2D eigenvalue weighted by molar-refractivity contribution is 4.88. The van der Waals surface area contributed by atoms with Gasteiger partial charge in [-0.1, -0.05) is 6.92 Å². The van der Waals surface area contributed by atoms with Gasteiger partial charge in [0.1, 0.15) is 24.4 Å². The Kier molecular flexibility index (Phi) is 4.91. The average molecular weight is 222 g/mol. The van der Waals surface area contributed by atoms with Crippen LogP contribution in [0.4, 0.5) is 0 Å². The molecule has 1 saturated heterocycles. The van der Waals surface area contributed by atoms with Gasteiger partial charge in [0, 0.05) is 6.61 Å². The van der Waals surface area contributed by atoms with Gasteiger partial charge in [-0.3, -0.25) is 0 Å². The molecule has 0 radical (unpaired) electrons. The van der Waals surface area contributed by atoms with E-state index in [1.165, 1.54) is 0 Å². The summed E-state index contributed by atoms with van der Waals surface area (Å²) in [6.07, 6.45) is -5.14. The van der Waals surface area contributed by atoms with Gasteiger partial charge in [0.25, 0.3) is 0 Å². The second kappa shape index (κ2) is 5.74. The van der Waals surface area contributed by atoms with E-state index in [1.807, 2.05) is 6.92 Å². The van der Waals surface area contributed by atoms with E-state index in [1.54, 1.807) is 0 Å². The highest BCUT2D eigenvalue weighted by atomic mass is 16.7. The number of ether oxygens (including phenoxy) is 2. The van der Waals surface area contributed by atoms with Crippen molar-refractivity contribution >= 4 is 0 Å². The van der Waals surface area contributed by atoms with Crippen molar-refractivity contribution in [2.24, 2.45) is 0 Å². The van der Waals surface area contributed by atoms with E-state index in [-0.39, 0.29) is 0 Å². The lowest BCUT2D eigenvalue weighted by atomic mass is 9.99. The van der Waals surface area contributed by atoms with Crippen LogP contribution in [-0.4, -0.2) is 64.3 Å². The van der Waals surface area contributed by atoms with Crippen molar-refractivity contribution in [3.05, 3.63) is 0 Å². The van der Waals surface area contributed by atoms with Crippen LogP contribution in [0.15, 0.2) is 0 Å². The number of aliphatic hydroxyl groups is 4. The summed E-state index contributed by atoms with van der Waals surface area (Å²) in [7, 11) is 0. The van der Waals surface area contributed by atoms with Crippen LogP contribution in [0.3, 0.4) is 0 Å². The average Bonchev–Trinajstić information content (AvgIpc) is 2.25. The monoisotopic (exact) mass is 222 g/mol. The highest BCUT2D eigenvalue weighted by Crippen LogP contribution is 2.21. The van der Waals surface area contributed by atoms with Crippen LogP contribution in [0.5, 0.6) is 0 Å². The molecule has 5 atom stereocenters. The molecule has 0 unspecified atom stereocenters. The van der Waals surface area contributed by atoms with Gasteiger partial charge in [-0.15, -0.1) is 0 Å². The smallest absolute Gasteiger partial charge is 0.186 e. The van der Waals surface area contributed by atoms with Crippen LogP contribution in [0.1, 0.15) is 13.3 Å². The molecule has 1 heterocycles. The van der Waals surface area contributed by atoms with Crippen molar-refractivity contribution in [3.8, 4) is 0 Å². The Morgan fingerprint density at radius 2 is 1.80 bits per heavy atom. The van der Waals surface area contributed by atoms with E-state index in [9.17, 15) is 15.3 Å². The number of aliphatic hydroxyl groups excluding tert-OH is 4. The normalized spacial score (nSPS) is 41.8. The van der Waals surface area contributed by atoms with E-state index in [4.69, 9.17) is 14.6 Å². The summed E-state index contributed by atoms with van der Waals surface area (Å²) in [6.45, 7) is 1.84. The zero-order valence-corrected chi connectivity index (χ0v) is 8.61. The lowest BCUT2D eigenvalue weighted by Gasteiger charge is -2.39. The Hall–Kier alpha value is -0.240. The third-order valence-electron chi connectivity index (χ3n) is 2.33. The predicted octanol–water partition coefficient (Wildman–Crippen LogP) is -1.79. The summed E-state index contributed by atoms with van der Waals surface area (Å²) in [5.41, 5.74) is 0. The molecule has 6 nitrogen and oxygen atoms in total. The molecule has 4 N–H and O–H groups in total. The van der Waals surface area contributed by atoms with Crippen molar-refractivity contribution in [1.82, 2.24) is 0 Å². The molecule has 90 valence electrons. The van der Waals surface area contributed by atoms with Gasteiger partial charge in [-0.2, -0.15) is 0 Å². The third-order valence-corrected chi connectivity index (χ3v) is 2.33. The first-order valence-corrected chi connectivity index (χ1v) is 5.04. The fourth-order valence-corrected chi connectivity index (χ4v) is 1.44. The number of hydrogen-bond donors (Lipinski definition) is 4. The summed E-state index contributed by atoms with van der Waals surface area (Å²) < 4.78 is 10.2. The zero-order chi connectivity index (χ0) is 11.4. The molecule has 0 aromatic heterocycles. The Bertz CT molecular complexity index is 185. The molecule has 0 aromatic carbocycles. The summed E-state index contributed by atoms with van der Waals surface area (Å²) in [4.78, 5) is 0. The molecule has 1 fully saturated rings. The number of rotatable bonds is 4. The van der Waals surface area contributed by atoms with Crippen molar-refractivity contribution in [2.45, 2.75) is 44.1 Å². The first-order valence-electron chi connectivity index (χ1n) is 5.04. The number of hydrogen-bond acceptors (Lipinski definition) is 6. The van der Waals surface area contributed by atoms with Gasteiger partial charge in [0.05, 0.1) is 6.61 Å². The summed E-state index contributed by atoms with van der Waals surface area (Å²) >= 11 is 0. The van der Waals surface area contributed by atoms with Crippen LogP contribution >= 0.6 is 0 Å². The second-order valence-electron chi connectivity index (χ2n) is 3.57. The van der Waals surface area contributed by atoms with Crippen molar-refractivity contribution in [1.29, 1.82) is 0 Å². The fraction of sp³-hybridized carbons (Fsp3) is 1.00. The molecule has 1 rings (SSSR count). The van der Waals surface area contributed by atoms with Crippen LogP contribution in [0.2, 0.25) is 0 Å². The summed E-state index contributed by atoms with van der Waals surface area (Å²) in [5, 5.41) is 37.2. The topological polar surface area (TPSA) is 99.4 Å². The largest absolute Gasteiger partial charge is 0.394 e. The van der Waals surface area contributed by atoms with E-state index < -0.39 is 37.3 Å². The third kappa shape index (κ3) is 2.87. The minimum absolute atomic E-state index is 0.378. The predicted molar refractivity (Wildman–Crippen MR) is 50.0 cm³/mol. The molecule has 0 spiro atoms. The molecule has 0 bridgehead atoms. The van der Waals surface area contributed by atoms with Gasteiger partial charge < -0.3 is 29.9 Å². The molecule has 6 heteroatoms. The van der Waals surface area contributed by atoms with Crippen molar-refractivity contribution < 1.29 is 29.9 Å². The van der Waals surface area contributed by atoms with Crippen molar-refractivity contribution in [3.63, 3.8) is 0 Å². The summed E-state index contributed by atoms with van der Waals surface area (Å²) in [6, 6.07) is 0. The first kappa shape index (κ1) is 12.8. The quantitative estimate of drug-likeness (QED) is 0.448. The van der Waals surface area contributed by atoms with E-state index >= 15 is 0 Å². The van der Waals surface area contributed by atoms with Gasteiger partial charge in [-0.05, 0) is 6.42 Å². The van der Waals surface area contributed by atoms with E-state index in [2.05, 4.69) is 0 Å². The Morgan fingerprint density at radius 3 is 2.33 bits per heavy atom. The lowest BCUT2D eigenvalue weighted by molar-refractivity contribution is -0.300. The maximum absolute atomic E-state index is 9.51. The standard InChI is InChI=1S/C9H18O6/c1-2-3-14-9-8(13)7(12)6(11)5(4-10)15-9/h5-13H,2-4H2,1H3/t5-,6-,7+,8+,9+/m1/s1. The molecule has 15 heavy (non-hydrogen) atoms. The zero-order valence-electron chi connectivity index (χ0n) is 8.61. The van der Waals surface area contributed by atoms with E-state index in [0.717, 1.165) is 6.42 Å². The molecule has 1 aliphatic heterocycles. The van der Waals surface area contributed by atoms with Crippen LogP contribution in [0, 0.1) is 0 Å². The molecule has 0 amide bonds. The molecular weight excluding hydrogens is 204 g/mol. The second-order valence-corrected chi connectivity index (χ2v) is 3.57. The van der Waals surface area contributed by atoms with Crippen molar-refractivity contribution in [2.75, 3.05) is 13.2 Å². The van der Waals surface area contributed by atoms with Gasteiger partial charge >= 0.3 is 0 Å². The molecule has 1 aliphatic rings. The minimum atomic E-state index is -1.36. The first-order chi connectivity index (χ1) is 7.11. The van der Waals surface area contributed by atoms with Crippen LogP contribution in [-0.2, 0) is 9.47 Å². The highest BCUT2D eigenvalue weighted by Gasteiger charge is 2.43. The minimum Gasteiger partial charge on any atom is -0.394 e. The van der Waals surface area contributed by atoms with Gasteiger partial charge in [0.2, 0.25) is 0 Å². The maximum Gasteiger partial charge on any atom is 0.186 e. The Labute approximate surface area is 88.1 Å². The molecule has 0 aromatic rings. The molecule has 0 saturated carbocycles. The van der Waals surface area contributed by atoms with Crippen LogP contribution in [0.25, 0.3) is 0 Å². The van der Waals surface area contributed by atoms with Crippen LogP contribution < -0.4 is 0 Å². The molecule has 0 aliphatic carbocycles. The van der Waals surface area contributed by atoms with E-state index in [0.29, 0.717) is 6.61 Å². The molecular formula is C9H18O6. The Morgan fingerprint density at radius 1 is 1.13 bits per heavy atom. The van der Waals surface area contributed by atoms with Gasteiger partial charge in [0.15, 0.2) is 6.29 Å². The Balaban J connectivity index is 2.57.